The lowest BCUT2D eigenvalue weighted by atomic mass is 9.93. The van der Waals surface area contributed by atoms with Gasteiger partial charge in [-0.15, -0.1) is 11.3 Å². The molecule has 1 aliphatic carbocycles. The summed E-state index contributed by atoms with van der Waals surface area (Å²) in [5.41, 5.74) is 19.1. The number of Topliss-reactive ketones (excluding diaryl/α,β-unsaturated/α-hetero) is 4. The van der Waals surface area contributed by atoms with Crippen molar-refractivity contribution in [2.24, 2.45) is 0 Å². The van der Waals surface area contributed by atoms with Crippen LogP contribution in [0.5, 0.6) is 0 Å². The fourth-order valence-electron chi connectivity index (χ4n) is 17.2. The van der Waals surface area contributed by atoms with Crippen molar-refractivity contribution in [3.8, 4) is 47.4 Å². The highest BCUT2D eigenvalue weighted by molar-refractivity contribution is 7.14. The lowest BCUT2D eigenvalue weighted by Crippen LogP contribution is -2.44. The van der Waals surface area contributed by atoms with Gasteiger partial charge in [-0.05, 0) is 164 Å². The number of halogens is 4. The van der Waals surface area contributed by atoms with E-state index < -0.39 is 11.7 Å². The normalized spacial score (nSPS) is 14.3. The minimum atomic E-state index is -4.50. The number of aromatic nitrogens is 10. The number of fused-ring (bicyclic) bond motifs is 4. The van der Waals surface area contributed by atoms with Gasteiger partial charge in [0.2, 0.25) is 0 Å². The van der Waals surface area contributed by atoms with Crippen LogP contribution in [-0.2, 0) is 56.9 Å². The molecule has 16 aromatic rings. The maximum atomic E-state index is 13.9. The van der Waals surface area contributed by atoms with Gasteiger partial charge in [0.1, 0.15) is 11.3 Å². The van der Waals surface area contributed by atoms with E-state index in [1.807, 2.05) is 172 Å². The second-order valence-electron chi connectivity index (χ2n) is 37.9. The third-order valence-electron chi connectivity index (χ3n) is 26.0. The first-order chi connectivity index (χ1) is 69.1. The summed E-state index contributed by atoms with van der Waals surface area (Å²) in [6.07, 6.45) is 15.5. The monoisotopic (exact) mass is 1940 g/mol. The molecule has 3 aliphatic heterocycles. The largest absolute Gasteiger partial charge is 0.416 e. The minimum Gasteiger partial charge on any atom is -0.361 e. The number of carbonyl (C=O) groups excluding carboxylic acids is 4. The molecule has 11 heterocycles. The number of piperazine rings is 3. The summed E-state index contributed by atoms with van der Waals surface area (Å²) in [4.78, 5) is 94.9. The quantitative estimate of drug-likeness (QED) is 0.0585. The van der Waals surface area contributed by atoms with Crippen LogP contribution >= 0.6 is 22.9 Å². The number of benzene rings is 8. The lowest BCUT2D eigenvalue weighted by Gasteiger charge is -2.33. The first-order valence-corrected chi connectivity index (χ1v) is 49.1. The Labute approximate surface area is 839 Å². The third-order valence-corrected chi connectivity index (χ3v) is 27.3. The van der Waals surface area contributed by atoms with E-state index in [0.29, 0.717) is 62.2 Å². The molecule has 21 nitrogen and oxygen atoms in total. The summed E-state index contributed by atoms with van der Waals surface area (Å²) in [5.74, 6) is 26.5. The molecule has 0 radical (unpaired) electrons. The van der Waals surface area contributed by atoms with Gasteiger partial charge in [-0.25, -0.2) is 9.97 Å². The van der Waals surface area contributed by atoms with Gasteiger partial charge in [0, 0.05) is 226 Å². The number of rotatable bonds is 19. The fraction of sp³-hybridized carbons (Fsp3) is 0.274. The van der Waals surface area contributed by atoms with Crippen molar-refractivity contribution in [3.05, 3.63) is 382 Å². The Kier molecular flexibility index (Phi) is 32.1. The number of imidazole rings is 1. The van der Waals surface area contributed by atoms with Crippen molar-refractivity contribution in [1.29, 1.82) is 0 Å². The maximum absolute atomic E-state index is 13.9. The van der Waals surface area contributed by atoms with Crippen molar-refractivity contribution in [2.75, 3.05) is 99.7 Å². The van der Waals surface area contributed by atoms with Gasteiger partial charge >= 0.3 is 6.18 Å². The van der Waals surface area contributed by atoms with E-state index in [1.54, 1.807) is 55.8 Å². The Morgan fingerprint density at radius 3 is 1.64 bits per heavy atom. The summed E-state index contributed by atoms with van der Waals surface area (Å²) in [6, 6.07) is 57.3. The Morgan fingerprint density at radius 2 is 0.993 bits per heavy atom. The molecule has 0 spiro atoms. The van der Waals surface area contributed by atoms with Crippen molar-refractivity contribution in [3.63, 3.8) is 0 Å². The lowest BCUT2D eigenvalue weighted by molar-refractivity contribution is -0.138. The fourth-order valence-corrected chi connectivity index (χ4v) is 18.2. The number of hydrogen-bond donors (Lipinski definition) is 1. The van der Waals surface area contributed by atoms with Crippen molar-refractivity contribution in [1.82, 2.24) is 79.6 Å². The predicted molar refractivity (Wildman–Crippen MR) is 557 cm³/mol. The van der Waals surface area contributed by atoms with Gasteiger partial charge in [0.25, 0.3) is 0 Å². The number of hydrogen-bond acceptors (Lipinski definition) is 21. The first-order valence-electron chi connectivity index (χ1n) is 47.9. The number of H-pyrrole nitrogens is 1. The second kappa shape index (κ2) is 45.9. The van der Waals surface area contributed by atoms with E-state index in [-0.39, 0.29) is 53.5 Å². The maximum Gasteiger partial charge on any atom is 0.416 e. The molecule has 4 fully saturated rings. The van der Waals surface area contributed by atoms with E-state index in [2.05, 4.69) is 181 Å². The van der Waals surface area contributed by atoms with E-state index >= 15 is 0 Å². The van der Waals surface area contributed by atoms with Gasteiger partial charge < -0.3 is 24.2 Å². The standard InChI is InChI=1S/C34H34N4O.C28H26ClN5O.C28H24F3N5OS.C27H24N2O2/c1-24-7-9-28(21-27(24)13-14-29-22-35-36-33-6-4-3-5-31(29)33)34(39)20-25-8-10-30(32(19-25)26-11-12-26)23-38-17-15-37(2)16-18-38;1-33-9-11-34(12-10-33)18-24-8-6-21(14-25(24)29)15-27(35)22-4-2-3-20(13-22)5-7-23-16-30-17-26-28(23)32-19-31-26;1-35-9-11-36(12-10-35)18-22-5-4-19(13-23(22)28(29,30)31)14-24(37)25-17-34-26(38-25)7-6-21-16-32-15-20-3-2-8-33-27(20)21;1-18-9-10-20(25(30)14-23-15-26(31-29-23)27(2,3)4)13-19(18)11-12-22-17-28-16-21-7-5-6-8-24(21)22/h3-10,19,21-22,26H,11-12,15-18,20,23H2,1-2H3;2-4,6,8,13-14,16-17,19H,9-12,15,18H2,1H3,(H,31,32);2-5,8,13,15-17H,9-12,14,18H2,1H3;5-10,13,15-17H,14H2,1-4H3. The average molecular weight is 1940 g/mol. The number of pyridine rings is 4. The molecule has 1 N–H and O–H groups in total. The van der Waals surface area contributed by atoms with Crippen LogP contribution in [0.15, 0.2) is 249 Å². The molecular formula is C117H108ClF3N16O5S. The Bertz CT molecular complexity index is 7670. The molecule has 0 unspecified atom stereocenters. The van der Waals surface area contributed by atoms with Gasteiger partial charge in [-0.3, -0.25) is 53.8 Å². The van der Waals surface area contributed by atoms with Crippen LogP contribution in [0, 0.1) is 61.2 Å². The Hall–Kier alpha value is -14.7. The second-order valence-corrected chi connectivity index (χ2v) is 39.3. The summed E-state index contributed by atoms with van der Waals surface area (Å²) >= 11 is 7.70. The van der Waals surface area contributed by atoms with Gasteiger partial charge in [-0.1, -0.05) is 200 Å². The summed E-state index contributed by atoms with van der Waals surface area (Å²) in [6.45, 7) is 24.1. The third kappa shape index (κ3) is 26.6. The summed E-state index contributed by atoms with van der Waals surface area (Å²) in [5, 5.41) is 17.4. The van der Waals surface area contributed by atoms with Crippen molar-refractivity contribution < 1.29 is 36.9 Å². The predicted octanol–water partition coefficient (Wildman–Crippen LogP) is 19.9. The van der Waals surface area contributed by atoms with Crippen LogP contribution in [0.2, 0.25) is 5.02 Å². The van der Waals surface area contributed by atoms with E-state index in [1.165, 1.54) is 36.2 Å². The zero-order valence-corrected chi connectivity index (χ0v) is 82.8. The molecule has 8 aromatic heterocycles. The Morgan fingerprint density at radius 1 is 0.462 bits per heavy atom. The molecule has 8 aromatic carbocycles. The number of carbonyl (C=O) groups is 4. The molecular weight excluding hydrogens is 1830 g/mol. The highest BCUT2D eigenvalue weighted by atomic mass is 35.5. The minimum absolute atomic E-state index is 0.0105. The van der Waals surface area contributed by atoms with Gasteiger partial charge in [-0.2, -0.15) is 23.4 Å². The SMILES string of the molecule is CN1CCN(Cc2ccc(CC(=O)c3cccc(C#Cc4cncc5[nH]cnc45)c3)cc2Cl)CC1.CN1CCN(Cc2ccc(CC(=O)c3cnc(C#Cc4cncc5cccnc45)s3)cc2C(F)(F)F)CC1.Cc1ccc(C(=O)Cc2cc(C(C)(C)C)on2)cc1C#Cc1cncc2ccccc12.Cc1ccc(C(=O)Cc2ccc(CN3CCN(C)CC3)c(C3CC3)c2)cc1C#Cc1cnnc2ccccc12. The summed E-state index contributed by atoms with van der Waals surface area (Å²) in [7, 11) is 6.35. The number of alkyl halides is 3. The highest BCUT2D eigenvalue weighted by Crippen LogP contribution is 2.43. The molecule has 20 rings (SSSR count). The molecule has 0 bridgehead atoms. The van der Waals surface area contributed by atoms with Crippen LogP contribution in [0.3, 0.4) is 0 Å². The van der Waals surface area contributed by atoms with Crippen LogP contribution in [0.25, 0.3) is 43.6 Å². The number of aromatic amines is 1. The number of nitrogens with zero attached hydrogens (tertiary/aromatic N) is 15. The highest BCUT2D eigenvalue weighted by Gasteiger charge is 2.35. The Balaban J connectivity index is 0.000000131. The number of likely N-dealkylation sites (N-methyl/N-ethyl adjacent to an activating group) is 3. The molecule has 3 saturated heterocycles. The molecule has 143 heavy (non-hydrogen) atoms. The van der Waals surface area contributed by atoms with Crippen molar-refractivity contribution in [2.45, 2.75) is 110 Å². The van der Waals surface area contributed by atoms with Crippen LogP contribution in [0.1, 0.15) is 191 Å². The smallest absolute Gasteiger partial charge is 0.361 e. The van der Waals surface area contributed by atoms with Gasteiger partial charge in [0.05, 0.1) is 86.3 Å². The zero-order valence-electron chi connectivity index (χ0n) is 81.2. The van der Waals surface area contributed by atoms with E-state index in [9.17, 15) is 32.3 Å². The molecule has 4 aliphatic rings. The number of aryl methyl sites for hydroxylation is 2. The number of ketones is 4. The topological polar surface area (TPSA) is 233 Å². The molecule has 0 amide bonds. The average Bonchev–Trinajstić information content (AvgIpc) is 1.48. The van der Waals surface area contributed by atoms with E-state index in [0.717, 1.165) is 225 Å². The molecule has 0 atom stereocenters. The molecule has 1 saturated carbocycles. The van der Waals surface area contributed by atoms with Crippen LogP contribution in [-0.4, -0.2) is 202 Å². The van der Waals surface area contributed by atoms with Crippen LogP contribution in [0.4, 0.5) is 13.2 Å². The number of thiazole rings is 1. The van der Waals surface area contributed by atoms with Crippen molar-refractivity contribution >= 4 is 89.7 Å². The molecule has 26 heteroatoms. The number of nitrogens with one attached hydrogen (secondary N) is 1. The molecule has 720 valence electrons. The first kappa shape index (κ1) is 99.8. The summed E-state index contributed by atoms with van der Waals surface area (Å²) < 4.78 is 47.1. The van der Waals surface area contributed by atoms with Crippen LogP contribution < -0.4 is 0 Å². The van der Waals surface area contributed by atoms with E-state index in [4.69, 9.17) is 16.1 Å². The van der Waals surface area contributed by atoms with Gasteiger partial charge in [0.15, 0.2) is 28.1 Å². The zero-order chi connectivity index (χ0) is 99.7.